The predicted molar refractivity (Wildman–Crippen MR) is 74.1 cm³/mol. The lowest BCUT2D eigenvalue weighted by atomic mass is 9.65. The molecule has 1 aliphatic heterocycles. The second kappa shape index (κ2) is 4.86. The van der Waals surface area contributed by atoms with E-state index in [2.05, 4.69) is 0 Å². The number of ether oxygens (including phenoxy) is 2. The van der Waals surface area contributed by atoms with Crippen LogP contribution in [0.4, 0.5) is 0 Å². The molecule has 0 amide bonds. The van der Waals surface area contributed by atoms with Crippen LogP contribution in [0.2, 0.25) is 0 Å². The molecule has 0 bridgehead atoms. The van der Waals surface area contributed by atoms with Crippen LogP contribution >= 0.6 is 0 Å². The van der Waals surface area contributed by atoms with Crippen molar-refractivity contribution in [2.75, 3.05) is 7.11 Å². The molecule has 6 nitrogen and oxygen atoms in total. The van der Waals surface area contributed by atoms with Crippen molar-refractivity contribution in [2.24, 2.45) is 16.6 Å². The molecule has 0 aromatic heterocycles. The Morgan fingerprint density at radius 2 is 2.05 bits per heavy atom. The van der Waals surface area contributed by atoms with Gasteiger partial charge in [0.05, 0.1) is 5.41 Å². The number of nitrogens with zero attached hydrogens (tertiary/aromatic N) is 1. The third kappa shape index (κ3) is 2.23. The van der Waals surface area contributed by atoms with Crippen molar-refractivity contribution in [1.82, 2.24) is 0 Å². The molecule has 0 fully saturated rings. The summed E-state index contributed by atoms with van der Waals surface area (Å²) in [6, 6.07) is 1.94. The van der Waals surface area contributed by atoms with Gasteiger partial charge < -0.3 is 20.3 Å². The van der Waals surface area contributed by atoms with Crippen LogP contribution in [0.5, 0.6) is 0 Å². The zero-order valence-corrected chi connectivity index (χ0v) is 12.7. The second-order valence-electron chi connectivity index (χ2n) is 6.48. The number of methoxy groups -OCH3 is 1. The molecule has 0 radical (unpaired) electrons. The highest BCUT2D eigenvalue weighted by Crippen LogP contribution is 2.51. The topological polar surface area (TPSA) is 106 Å². The molecule has 1 heterocycles. The Labute approximate surface area is 123 Å². The van der Waals surface area contributed by atoms with Gasteiger partial charge in [-0.1, -0.05) is 13.8 Å². The molecule has 1 aliphatic carbocycles. The minimum absolute atomic E-state index is 0.0173. The molecule has 0 aromatic carbocycles. The number of hydrogen-bond donors (Lipinski definition) is 2. The van der Waals surface area contributed by atoms with Crippen LogP contribution in [0.3, 0.4) is 0 Å². The number of Topliss-reactive ketones (excluding diaryl/α,β-unsaturated/α-hetero) is 1. The zero-order valence-electron chi connectivity index (χ0n) is 12.7. The Morgan fingerprint density at radius 3 is 2.57 bits per heavy atom. The van der Waals surface area contributed by atoms with Gasteiger partial charge in [-0.15, -0.1) is 0 Å². The van der Waals surface area contributed by atoms with E-state index < -0.39 is 11.7 Å². The molecule has 0 saturated carbocycles. The Balaban J connectivity index is 2.67. The van der Waals surface area contributed by atoms with Gasteiger partial charge in [0.1, 0.15) is 17.4 Å². The van der Waals surface area contributed by atoms with E-state index in [9.17, 15) is 15.2 Å². The van der Waals surface area contributed by atoms with E-state index in [1.807, 2.05) is 19.9 Å². The maximum atomic E-state index is 12.6. The van der Waals surface area contributed by atoms with Crippen molar-refractivity contribution in [3.63, 3.8) is 0 Å². The summed E-state index contributed by atoms with van der Waals surface area (Å²) in [5.74, 6) is 0.187. The second-order valence-corrected chi connectivity index (χ2v) is 6.48. The van der Waals surface area contributed by atoms with Crippen LogP contribution in [-0.2, 0) is 14.3 Å². The summed E-state index contributed by atoms with van der Waals surface area (Å²) >= 11 is 0. The lowest BCUT2D eigenvalue weighted by Gasteiger charge is -2.43. The summed E-state index contributed by atoms with van der Waals surface area (Å²) in [6.07, 6.45) is -0.524. The van der Waals surface area contributed by atoms with Crippen molar-refractivity contribution in [1.29, 1.82) is 5.26 Å². The smallest absolute Gasteiger partial charge is 0.205 e. The Bertz CT molecular complexity index is 597. The van der Waals surface area contributed by atoms with Crippen molar-refractivity contribution in [3.05, 3.63) is 22.8 Å². The first-order chi connectivity index (χ1) is 9.67. The highest BCUT2D eigenvalue weighted by atomic mass is 16.6. The van der Waals surface area contributed by atoms with Gasteiger partial charge in [0.25, 0.3) is 0 Å². The summed E-state index contributed by atoms with van der Waals surface area (Å²) in [4.78, 5) is 12.6. The first-order valence-corrected chi connectivity index (χ1v) is 6.73. The number of aliphatic hydroxyl groups excluding tert-OH is 1. The standard InChI is InChI=1S/C15H20N2O4/c1-14(2)5-9(18)11-10(6-14)21-12(17)8(7-16)15(11,3)13(19)20-4/h13,19H,5-6,17H2,1-4H3. The predicted octanol–water partition coefficient (Wildman–Crippen LogP) is 1.32. The first-order valence-electron chi connectivity index (χ1n) is 6.73. The van der Waals surface area contributed by atoms with Crippen molar-refractivity contribution < 1.29 is 19.4 Å². The summed E-state index contributed by atoms with van der Waals surface area (Å²) in [7, 11) is 1.31. The highest BCUT2D eigenvalue weighted by Gasteiger charge is 2.53. The van der Waals surface area contributed by atoms with Crippen LogP contribution in [0, 0.1) is 22.2 Å². The van der Waals surface area contributed by atoms with Crippen LogP contribution in [0.25, 0.3) is 0 Å². The number of rotatable bonds is 2. The van der Waals surface area contributed by atoms with E-state index in [-0.39, 0.29) is 22.7 Å². The Hall–Kier alpha value is -1.84. The van der Waals surface area contributed by atoms with Crippen LogP contribution in [0.1, 0.15) is 33.6 Å². The fourth-order valence-corrected chi connectivity index (χ4v) is 3.15. The SMILES string of the molecule is COC(O)C1(C)C(C#N)=C(N)OC2=C1C(=O)CC(C)(C)C2. The number of ketones is 1. The molecule has 2 atom stereocenters. The number of nitriles is 1. The van der Waals surface area contributed by atoms with Gasteiger partial charge in [0.2, 0.25) is 5.88 Å². The summed E-state index contributed by atoms with van der Waals surface area (Å²) in [5.41, 5.74) is 4.57. The Kier molecular flexibility index (Phi) is 3.60. The number of aliphatic hydroxyl groups is 1. The van der Waals surface area contributed by atoms with E-state index in [1.54, 1.807) is 6.92 Å². The zero-order chi connectivity index (χ0) is 16.0. The molecular formula is C15H20N2O4. The minimum Gasteiger partial charge on any atom is -0.444 e. The third-order valence-corrected chi connectivity index (χ3v) is 4.18. The van der Waals surface area contributed by atoms with Gasteiger partial charge in [0, 0.05) is 25.5 Å². The lowest BCUT2D eigenvalue weighted by molar-refractivity contribution is -0.140. The first kappa shape index (κ1) is 15.5. The molecule has 0 spiro atoms. The average molecular weight is 292 g/mol. The van der Waals surface area contributed by atoms with Gasteiger partial charge in [-0.2, -0.15) is 5.26 Å². The molecule has 114 valence electrons. The monoisotopic (exact) mass is 292 g/mol. The minimum atomic E-state index is -1.36. The van der Waals surface area contributed by atoms with Gasteiger partial charge in [0.15, 0.2) is 12.1 Å². The Morgan fingerprint density at radius 1 is 1.43 bits per heavy atom. The summed E-state index contributed by atoms with van der Waals surface area (Å²) in [5, 5.41) is 19.6. The normalized spacial score (nSPS) is 29.6. The maximum absolute atomic E-state index is 12.6. The van der Waals surface area contributed by atoms with Crippen LogP contribution in [-0.4, -0.2) is 24.3 Å². The summed E-state index contributed by atoms with van der Waals surface area (Å²) < 4.78 is 10.5. The van der Waals surface area contributed by atoms with E-state index in [4.69, 9.17) is 15.2 Å². The fraction of sp³-hybridized carbons (Fsp3) is 0.600. The molecule has 0 saturated heterocycles. The fourth-order valence-electron chi connectivity index (χ4n) is 3.15. The molecular weight excluding hydrogens is 272 g/mol. The third-order valence-electron chi connectivity index (χ3n) is 4.18. The van der Waals surface area contributed by atoms with Crippen LogP contribution in [0.15, 0.2) is 22.8 Å². The maximum Gasteiger partial charge on any atom is 0.205 e. The average Bonchev–Trinajstić information content (AvgIpc) is 2.35. The molecule has 0 aromatic rings. The van der Waals surface area contributed by atoms with E-state index >= 15 is 0 Å². The molecule has 2 aliphatic rings. The quantitative estimate of drug-likeness (QED) is 0.744. The van der Waals surface area contributed by atoms with E-state index in [0.29, 0.717) is 24.2 Å². The van der Waals surface area contributed by atoms with Gasteiger partial charge in [-0.05, 0) is 12.3 Å². The van der Waals surface area contributed by atoms with E-state index in [0.717, 1.165) is 0 Å². The molecule has 21 heavy (non-hydrogen) atoms. The number of nitrogens with two attached hydrogens (primary N) is 1. The number of carbonyl (C=O) groups is 1. The van der Waals surface area contributed by atoms with Gasteiger partial charge in [-0.3, -0.25) is 4.79 Å². The lowest BCUT2D eigenvalue weighted by Crippen LogP contribution is -2.46. The highest BCUT2D eigenvalue weighted by molar-refractivity contribution is 5.99. The number of allylic oxidation sites excluding steroid dienone is 1. The molecule has 2 rings (SSSR count). The van der Waals surface area contributed by atoms with Gasteiger partial charge >= 0.3 is 0 Å². The molecule has 3 N–H and O–H groups in total. The van der Waals surface area contributed by atoms with Crippen LogP contribution < -0.4 is 5.73 Å². The molecule has 6 heteroatoms. The van der Waals surface area contributed by atoms with Crippen molar-refractivity contribution >= 4 is 5.78 Å². The van der Waals surface area contributed by atoms with Crippen molar-refractivity contribution in [3.8, 4) is 6.07 Å². The number of carbonyl (C=O) groups excluding carboxylic acids is 1. The van der Waals surface area contributed by atoms with Gasteiger partial charge in [-0.25, -0.2) is 0 Å². The van der Waals surface area contributed by atoms with E-state index in [1.165, 1.54) is 7.11 Å². The molecule has 2 unspecified atom stereocenters. The number of hydrogen-bond acceptors (Lipinski definition) is 6. The summed E-state index contributed by atoms with van der Waals surface area (Å²) in [6.45, 7) is 5.50. The largest absolute Gasteiger partial charge is 0.444 e. The van der Waals surface area contributed by atoms with Crippen molar-refractivity contribution in [2.45, 2.75) is 39.9 Å².